The Morgan fingerprint density at radius 3 is 0.777 bits per heavy atom. The quantitative estimate of drug-likeness (QED) is 0.0221. The molecule has 0 bridgehead atoms. The molecule has 0 saturated carbocycles. The van der Waals surface area contributed by atoms with Gasteiger partial charge in [0.05, 0.1) is 0 Å². The van der Waals surface area contributed by atoms with E-state index in [9.17, 15) is 0 Å². The molecule has 530 valence electrons. The van der Waals surface area contributed by atoms with Gasteiger partial charge in [0.2, 0.25) is 0 Å². The van der Waals surface area contributed by atoms with Crippen molar-refractivity contribution in [3.8, 4) is 22.3 Å². The molecule has 0 amide bonds. The number of hydrogen-bond donors (Lipinski definition) is 0. The monoisotopic (exact) mass is 1600 g/mol. The van der Waals surface area contributed by atoms with Crippen LogP contribution in [-0.2, 0) is 10.8 Å². The molecule has 2 aliphatic carbocycles. The Hall–Kier alpha value is -1.03. The molecule has 0 unspecified atom stereocenters. The van der Waals surface area contributed by atoms with Crippen LogP contribution in [0.1, 0.15) is 435 Å². The first-order valence-electron chi connectivity index (χ1n) is 40.8. The van der Waals surface area contributed by atoms with Gasteiger partial charge in [0, 0.05) is 0 Å². The average Bonchev–Trinajstić information content (AvgIpc) is 1.50. The van der Waals surface area contributed by atoms with Crippen LogP contribution in [0.5, 0.6) is 0 Å². The van der Waals surface area contributed by atoms with Gasteiger partial charge in [-0.15, -0.1) is 0 Å². The zero-order chi connectivity index (χ0) is 66.3. The van der Waals surface area contributed by atoms with Crippen LogP contribution in [0.2, 0.25) is 0 Å². The summed E-state index contributed by atoms with van der Waals surface area (Å²) in [7, 11) is 0. The first-order chi connectivity index (χ1) is 46.3. The normalized spacial score (nSPS) is 13.7. The number of aromatic nitrogens is 4. The van der Waals surface area contributed by atoms with E-state index in [1.807, 2.05) is 0 Å². The smallest absolute Gasteiger partial charge is 0.0654 e. The summed E-state index contributed by atoms with van der Waals surface area (Å²) in [6, 6.07) is 4.64. The van der Waals surface area contributed by atoms with Gasteiger partial charge in [-0.1, -0.05) is 233 Å². The van der Waals surface area contributed by atoms with Crippen molar-refractivity contribution in [2.75, 3.05) is 0 Å². The van der Waals surface area contributed by atoms with Crippen molar-refractivity contribution in [1.82, 2.24) is 15.9 Å². The second-order valence-electron chi connectivity index (χ2n) is 30.2. The Morgan fingerprint density at radius 2 is 0.511 bits per heavy atom. The van der Waals surface area contributed by atoms with Crippen LogP contribution in [0.4, 0.5) is 8.78 Å². The van der Waals surface area contributed by atoms with E-state index in [0.717, 1.165) is 129 Å². The van der Waals surface area contributed by atoms with Gasteiger partial charge in [0.15, 0.2) is 0 Å². The average molecular weight is 1600 g/mol. The van der Waals surface area contributed by atoms with Gasteiger partial charge in [-0.05, 0) is 0 Å². The SMILES string of the molecule is CCCCCCCCCCCCCCCCC1(CCCCCCCCCCCCCCCC)c2cc(Br)c3n[se]nc3c2-c2c(F)c3c(c(F)c21)-c1c(cc(I)c2n[se]nc12)C3(CCCCCCCCCCCCCCCC)CCCCCCCCCCCCCCCC. The van der Waals surface area contributed by atoms with E-state index < -0.39 is 10.8 Å². The molecule has 0 saturated heterocycles. The number of unbranched alkanes of at least 4 members (excludes halogenated alkanes) is 52. The van der Waals surface area contributed by atoms with Crippen molar-refractivity contribution < 1.29 is 8.78 Å². The molecule has 0 fully saturated rings. The molecule has 0 atom stereocenters. The molecule has 10 heteroatoms. The molecule has 0 N–H and O–H groups in total. The van der Waals surface area contributed by atoms with E-state index in [1.54, 1.807) is 0 Å². The van der Waals surface area contributed by atoms with Crippen LogP contribution in [0.3, 0.4) is 0 Å². The maximum atomic E-state index is 20.0. The first-order valence-corrected chi connectivity index (χ1v) is 45.7. The van der Waals surface area contributed by atoms with Crippen LogP contribution in [-0.4, -0.2) is 45.8 Å². The number of hydrogen-bond acceptors (Lipinski definition) is 4. The van der Waals surface area contributed by atoms with Crippen molar-refractivity contribution in [2.45, 2.75) is 424 Å². The molecule has 2 aliphatic rings. The maximum absolute atomic E-state index is 20.0. The third-order valence-corrected chi connectivity index (χ3v) is 26.3. The van der Waals surface area contributed by atoms with Crippen LogP contribution >= 0.6 is 38.5 Å². The second-order valence-corrected chi connectivity index (χ2v) is 34.4. The Labute approximate surface area is 610 Å². The zero-order valence-electron chi connectivity index (χ0n) is 60.7. The standard InChI is InChI=1S/C84H134BrF2IN4Se2/c1-5-9-13-17-21-25-29-33-37-41-45-49-53-57-61-83(62-58-54-50-46-42-38-34-30-26-22-18-14-10-6-2)67-65-69(85)79-81(91-93-89-79)71(67)73-75(83)78(87)74-72-68(66-70(88)80-82(72)92-94-90-80)84(76(74)77(73)86,63-59-55-51-47-43-39-35-31-27-23-19-15-11-7-3)64-60-56-52-48-44-40-36-32-28-24-20-16-12-8-4/h65-66H,5-64H2,1-4H3. The molecular formula is C84H134BrF2IN4Se2. The minimum atomic E-state index is -0.686. The Morgan fingerprint density at radius 1 is 0.298 bits per heavy atom. The Kier molecular flexibility index (Phi) is 40.3. The molecule has 0 spiro atoms. The summed E-state index contributed by atoms with van der Waals surface area (Å²) in [6.45, 7) is 9.22. The fraction of sp³-hybridized carbons (Fsp3) is 0.786. The van der Waals surface area contributed by atoms with Gasteiger partial charge in [-0.25, -0.2) is 0 Å². The van der Waals surface area contributed by atoms with Gasteiger partial charge < -0.3 is 0 Å². The van der Waals surface area contributed by atoms with Gasteiger partial charge in [-0.2, -0.15) is 0 Å². The number of halogens is 4. The van der Waals surface area contributed by atoms with Crippen molar-refractivity contribution in [3.05, 3.63) is 54.1 Å². The summed E-state index contributed by atoms with van der Waals surface area (Å²) < 4.78 is 62.7. The molecule has 0 aliphatic heterocycles. The van der Waals surface area contributed by atoms with Gasteiger partial charge in [-0.3, -0.25) is 0 Å². The molecular weight excluding hydrogens is 1470 g/mol. The summed E-state index contributed by atoms with van der Waals surface area (Å²) in [6.07, 6.45) is 76.0. The van der Waals surface area contributed by atoms with Crippen LogP contribution in [0.25, 0.3) is 44.3 Å². The summed E-state index contributed by atoms with van der Waals surface area (Å²) in [5.41, 5.74) is 8.40. The van der Waals surface area contributed by atoms with Crippen molar-refractivity contribution in [1.29, 1.82) is 0 Å². The predicted octanol–water partition coefficient (Wildman–Crippen LogP) is 29.4. The molecule has 3 aromatic carbocycles. The van der Waals surface area contributed by atoms with Crippen molar-refractivity contribution in [2.24, 2.45) is 0 Å². The van der Waals surface area contributed by atoms with Gasteiger partial charge in [0.25, 0.3) is 0 Å². The van der Waals surface area contributed by atoms with Gasteiger partial charge >= 0.3 is 382 Å². The molecule has 2 aromatic heterocycles. The van der Waals surface area contributed by atoms with E-state index >= 15 is 8.78 Å². The van der Waals surface area contributed by atoms with E-state index in [0.29, 0.717) is 22.3 Å². The van der Waals surface area contributed by atoms with E-state index in [-0.39, 0.29) is 41.6 Å². The van der Waals surface area contributed by atoms with E-state index in [1.165, 1.54) is 308 Å². The summed E-state index contributed by atoms with van der Waals surface area (Å²) in [5, 5.41) is 0. The Bertz CT molecular complexity index is 2590. The predicted molar refractivity (Wildman–Crippen MR) is 419 cm³/mol. The summed E-state index contributed by atoms with van der Waals surface area (Å²) in [4.78, 5) is 0. The third kappa shape index (κ3) is 24.1. The van der Waals surface area contributed by atoms with Crippen LogP contribution in [0.15, 0.2) is 16.6 Å². The molecule has 94 heavy (non-hydrogen) atoms. The second kappa shape index (κ2) is 47.2. The fourth-order valence-corrected chi connectivity index (χ4v) is 21.4. The minimum Gasteiger partial charge on any atom is -0.0654 e. The molecule has 5 aromatic rings. The van der Waals surface area contributed by atoms with Crippen molar-refractivity contribution in [3.63, 3.8) is 0 Å². The van der Waals surface area contributed by atoms with E-state index in [2.05, 4.69) is 78.3 Å². The summed E-state index contributed by atoms with van der Waals surface area (Å²) in [5.74, 6) is -0.321. The van der Waals surface area contributed by atoms with Crippen molar-refractivity contribution >= 4 is 90.5 Å². The zero-order valence-corrected chi connectivity index (χ0v) is 67.9. The minimum absolute atomic E-state index is 0.160. The fourth-order valence-electron chi connectivity index (χ4n) is 17.2. The molecule has 7 rings (SSSR count). The number of fused-ring (bicyclic) bond motifs is 10. The molecule has 2 heterocycles. The third-order valence-electron chi connectivity index (χ3n) is 22.7. The van der Waals surface area contributed by atoms with E-state index in [4.69, 9.17) is 15.9 Å². The number of rotatable bonds is 60. The van der Waals surface area contributed by atoms with Gasteiger partial charge in [0.1, 0.15) is 0 Å². The number of benzene rings is 3. The van der Waals surface area contributed by atoms with Crippen LogP contribution < -0.4 is 0 Å². The first kappa shape index (κ1) is 80.3. The topological polar surface area (TPSA) is 51.6 Å². The molecule has 4 nitrogen and oxygen atoms in total. The number of nitrogens with zero attached hydrogens (tertiary/aromatic N) is 4. The van der Waals surface area contributed by atoms with Crippen LogP contribution in [0, 0.1) is 15.2 Å². The Balaban J connectivity index is 1.18. The molecule has 0 radical (unpaired) electrons. The summed E-state index contributed by atoms with van der Waals surface area (Å²) >= 11 is 5.89.